The Labute approximate surface area is 125 Å². The van der Waals surface area contributed by atoms with Crippen LogP contribution in [0.1, 0.15) is 39.5 Å². The van der Waals surface area contributed by atoms with Crippen LogP contribution in [0.5, 0.6) is 0 Å². The molecule has 0 unspecified atom stereocenters. The van der Waals surface area contributed by atoms with Crippen molar-refractivity contribution in [2.75, 3.05) is 24.7 Å². The molecule has 1 saturated heterocycles. The van der Waals surface area contributed by atoms with Crippen molar-refractivity contribution in [3.63, 3.8) is 0 Å². The molecule has 0 aromatic heterocycles. The molecular weight excluding hydrogens is 300 g/mol. The van der Waals surface area contributed by atoms with Crippen molar-refractivity contribution in [1.29, 1.82) is 0 Å². The third kappa shape index (κ3) is 7.40. The molecule has 0 N–H and O–H groups in total. The third-order valence-electron chi connectivity index (χ3n) is 2.89. The van der Waals surface area contributed by atoms with Crippen molar-refractivity contribution in [3.8, 4) is 0 Å². The highest BCUT2D eigenvalue weighted by atomic mass is 32.2. The van der Waals surface area contributed by atoms with E-state index in [0.717, 1.165) is 18.6 Å². The van der Waals surface area contributed by atoms with E-state index in [1.807, 2.05) is 13.8 Å². The zero-order chi connectivity index (χ0) is 15.0. The van der Waals surface area contributed by atoms with Crippen LogP contribution in [0.15, 0.2) is 0 Å². The van der Waals surface area contributed by atoms with Crippen molar-refractivity contribution in [1.82, 2.24) is 0 Å². The molecule has 0 aromatic rings. The maximum absolute atomic E-state index is 11.7. The molecule has 0 aromatic carbocycles. The van der Waals surface area contributed by atoms with Crippen LogP contribution in [-0.4, -0.2) is 44.0 Å². The van der Waals surface area contributed by atoms with E-state index in [9.17, 15) is 13.2 Å². The van der Waals surface area contributed by atoms with Crippen LogP contribution in [0.3, 0.4) is 0 Å². The summed E-state index contributed by atoms with van der Waals surface area (Å²) in [6.07, 6.45) is 2.51. The zero-order valence-electron chi connectivity index (χ0n) is 12.1. The monoisotopic (exact) mass is 323 g/mol. The van der Waals surface area contributed by atoms with Crippen LogP contribution in [0, 0.1) is 5.92 Å². The van der Waals surface area contributed by atoms with Gasteiger partial charge >= 0.3 is 15.2 Å². The van der Waals surface area contributed by atoms with Gasteiger partial charge in [-0.05, 0) is 24.6 Å². The lowest BCUT2D eigenvalue weighted by molar-refractivity contribution is -0.267. The number of ketones is 1. The fourth-order valence-corrected chi connectivity index (χ4v) is 3.76. The molecule has 7 heteroatoms. The first-order valence-electron chi connectivity index (χ1n) is 6.92. The Morgan fingerprint density at radius 2 is 2.10 bits per heavy atom. The molecule has 20 heavy (non-hydrogen) atoms. The quantitative estimate of drug-likeness (QED) is 0.504. The van der Waals surface area contributed by atoms with Crippen molar-refractivity contribution >= 4 is 32.8 Å². The van der Waals surface area contributed by atoms with E-state index in [-0.39, 0.29) is 24.1 Å². The minimum absolute atomic E-state index is 0.00701. The molecule has 0 radical (unpaired) electrons. The summed E-state index contributed by atoms with van der Waals surface area (Å²) in [4.78, 5) is 11.4. The summed E-state index contributed by atoms with van der Waals surface area (Å²) in [6, 6.07) is 0. The first-order valence-corrected chi connectivity index (χ1v) is 9.48. The number of thioether (sulfide) groups is 1. The SMILES string of the molecule is CC(C)C(=O)CCCCCS(=O)(=O)[O+]=C1COCCS1. The van der Waals surface area contributed by atoms with Crippen LogP contribution in [0.25, 0.3) is 0 Å². The van der Waals surface area contributed by atoms with Crippen molar-refractivity contribution < 1.29 is 21.8 Å². The Balaban J connectivity index is 2.24. The fraction of sp³-hybridized carbons (Fsp3) is 0.846. The fourth-order valence-electron chi connectivity index (χ4n) is 1.69. The van der Waals surface area contributed by atoms with Gasteiger partial charge in [-0.15, -0.1) is 12.3 Å². The van der Waals surface area contributed by atoms with Gasteiger partial charge in [0.2, 0.25) is 0 Å². The minimum atomic E-state index is -3.52. The van der Waals surface area contributed by atoms with Crippen LogP contribution in [0.4, 0.5) is 0 Å². The van der Waals surface area contributed by atoms with Crippen molar-refractivity contribution in [3.05, 3.63) is 0 Å². The Morgan fingerprint density at radius 3 is 2.70 bits per heavy atom. The number of rotatable bonds is 8. The predicted molar refractivity (Wildman–Crippen MR) is 80.4 cm³/mol. The molecule has 1 aliphatic rings. The maximum atomic E-state index is 11.7. The summed E-state index contributed by atoms with van der Waals surface area (Å²) in [7, 11) is -3.52. The van der Waals surface area contributed by atoms with E-state index in [0.29, 0.717) is 24.6 Å². The van der Waals surface area contributed by atoms with Gasteiger partial charge in [0.05, 0.1) is 6.61 Å². The number of unbranched alkanes of at least 4 members (excludes halogenated alkanes) is 2. The Bertz CT molecular complexity index is 432. The van der Waals surface area contributed by atoms with E-state index < -0.39 is 10.1 Å². The number of carbonyl (C=O) groups is 1. The number of Topliss-reactive ketones (excluding diaryl/α,β-unsaturated/α-hetero) is 1. The van der Waals surface area contributed by atoms with Gasteiger partial charge in [-0.25, -0.2) is 0 Å². The van der Waals surface area contributed by atoms with Gasteiger partial charge in [0.15, 0.2) is 6.61 Å². The van der Waals surface area contributed by atoms with Gasteiger partial charge in [0, 0.05) is 18.1 Å². The molecule has 1 heterocycles. The number of hydrogen-bond acceptors (Lipinski definition) is 5. The molecule has 116 valence electrons. The molecule has 0 bridgehead atoms. The number of hydrogen-bond donors (Lipinski definition) is 0. The Morgan fingerprint density at radius 1 is 1.35 bits per heavy atom. The van der Waals surface area contributed by atoms with Gasteiger partial charge in [-0.2, -0.15) is 0 Å². The highest BCUT2D eigenvalue weighted by molar-refractivity contribution is 8.14. The van der Waals surface area contributed by atoms with Crippen LogP contribution in [0.2, 0.25) is 0 Å². The molecular formula is C13H23O5S2+. The van der Waals surface area contributed by atoms with Crippen LogP contribution in [-0.2, 0) is 23.5 Å². The molecule has 0 aliphatic carbocycles. The van der Waals surface area contributed by atoms with E-state index in [4.69, 9.17) is 8.61 Å². The minimum Gasteiger partial charge on any atom is -0.366 e. The first-order chi connectivity index (χ1) is 9.41. The second kappa shape index (κ2) is 8.79. The largest absolute Gasteiger partial charge is 0.496 e. The highest BCUT2D eigenvalue weighted by Crippen LogP contribution is 2.11. The third-order valence-corrected chi connectivity index (χ3v) is 5.14. The normalized spacial score (nSPS) is 18.6. The van der Waals surface area contributed by atoms with Gasteiger partial charge in [0.1, 0.15) is 11.5 Å². The van der Waals surface area contributed by atoms with E-state index >= 15 is 0 Å². The summed E-state index contributed by atoms with van der Waals surface area (Å²) in [5.74, 6) is 1.01. The zero-order valence-corrected chi connectivity index (χ0v) is 13.7. The molecule has 0 spiro atoms. The molecule has 5 nitrogen and oxygen atoms in total. The van der Waals surface area contributed by atoms with Crippen molar-refractivity contribution in [2.24, 2.45) is 5.92 Å². The van der Waals surface area contributed by atoms with E-state index in [1.54, 1.807) is 0 Å². The van der Waals surface area contributed by atoms with Crippen molar-refractivity contribution in [2.45, 2.75) is 39.5 Å². The summed E-state index contributed by atoms with van der Waals surface area (Å²) in [5.41, 5.74) is 0. The average Bonchev–Trinajstić information content (AvgIpc) is 2.38. The predicted octanol–water partition coefficient (Wildman–Crippen LogP) is 1.93. The second-order valence-corrected chi connectivity index (χ2v) is 7.89. The van der Waals surface area contributed by atoms with E-state index in [2.05, 4.69) is 0 Å². The Hall–Kier alpha value is -0.400. The van der Waals surface area contributed by atoms with E-state index in [1.165, 1.54) is 11.8 Å². The van der Waals surface area contributed by atoms with Gasteiger partial charge in [-0.3, -0.25) is 4.79 Å². The number of ether oxygens (including phenoxy) is 1. The molecule has 1 aliphatic heterocycles. The summed E-state index contributed by atoms with van der Waals surface area (Å²) < 4.78 is 33.6. The molecule has 0 saturated carbocycles. The standard InChI is InChI=1S/C13H23O5S2/c1-11(2)12(14)6-4-3-5-9-20(15,16)18-13-10-17-7-8-19-13/h11H,3-10H2,1-2H3/q+1. The Kier molecular flexibility index (Phi) is 7.76. The maximum Gasteiger partial charge on any atom is 0.496 e. The molecule has 0 amide bonds. The molecule has 0 atom stereocenters. The highest BCUT2D eigenvalue weighted by Gasteiger charge is 2.27. The average molecular weight is 323 g/mol. The summed E-state index contributed by atoms with van der Waals surface area (Å²) in [6.45, 7) is 4.62. The van der Waals surface area contributed by atoms with Crippen LogP contribution >= 0.6 is 11.8 Å². The molecule has 1 rings (SSSR count). The lowest BCUT2D eigenvalue weighted by Crippen LogP contribution is -2.20. The number of carbonyl (C=O) groups excluding carboxylic acids is 2. The van der Waals surface area contributed by atoms with Gasteiger partial charge < -0.3 is 4.74 Å². The first kappa shape index (κ1) is 17.7. The van der Waals surface area contributed by atoms with Gasteiger partial charge in [0.25, 0.3) is 0 Å². The smallest absolute Gasteiger partial charge is 0.366 e. The van der Waals surface area contributed by atoms with Gasteiger partial charge in [-0.1, -0.05) is 20.3 Å². The summed E-state index contributed by atoms with van der Waals surface area (Å²) >= 11 is 1.39. The lowest BCUT2D eigenvalue weighted by Gasteiger charge is -2.04. The second-order valence-electron chi connectivity index (χ2n) is 5.05. The summed E-state index contributed by atoms with van der Waals surface area (Å²) in [5, 5.41) is 0.422. The topological polar surface area (TPSA) is 71.7 Å². The lowest BCUT2D eigenvalue weighted by atomic mass is 10.0. The van der Waals surface area contributed by atoms with Crippen LogP contribution < -0.4 is 0 Å². The molecule has 1 fully saturated rings.